The zero-order valence-corrected chi connectivity index (χ0v) is 23.3. The number of carbonyl (C=O) groups excluding carboxylic acids is 1. The van der Waals surface area contributed by atoms with Crippen molar-refractivity contribution in [2.24, 2.45) is 5.10 Å². The van der Waals surface area contributed by atoms with Crippen LogP contribution in [-0.2, 0) is 0 Å². The van der Waals surface area contributed by atoms with Crippen molar-refractivity contribution in [1.29, 1.82) is 0 Å². The summed E-state index contributed by atoms with van der Waals surface area (Å²) in [4.78, 5) is 14.0. The van der Waals surface area contributed by atoms with Crippen LogP contribution >= 0.6 is 11.6 Å². The molecule has 1 aliphatic rings. The molecule has 0 saturated carbocycles. The van der Waals surface area contributed by atoms with Gasteiger partial charge in [0.15, 0.2) is 11.5 Å². The van der Waals surface area contributed by atoms with Crippen LogP contribution in [0.5, 0.6) is 11.5 Å². The third-order valence-corrected chi connectivity index (χ3v) is 7.44. The van der Waals surface area contributed by atoms with Gasteiger partial charge in [0.25, 0.3) is 5.91 Å². The summed E-state index contributed by atoms with van der Waals surface area (Å²) in [7, 11) is 3.19. The number of benzene rings is 4. The third kappa shape index (κ3) is 5.08. The largest absolute Gasteiger partial charge is 0.493 e. The lowest BCUT2D eigenvalue weighted by Gasteiger charge is -2.22. The van der Waals surface area contributed by atoms with Gasteiger partial charge in [-0.3, -0.25) is 4.79 Å². The Labute approximate surface area is 243 Å². The van der Waals surface area contributed by atoms with Crippen LogP contribution in [0.1, 0.15) is 33.9 Å². The van der Waals surface area contributed by atoms with Crippen molar-refractivity contribution in [3.8, 4) is 28.4 Å². The number of methoxy groups -OCH3 is 2. The van der Waals surface area contributed by atoms with E-state index in [4.69, 9.17) is 31.3 Å². The zero-order chi connectivity index (χ0) is 28.3. The molecule has 41 heavy (non-hydrogen) atoms. The molecular formula is C33H27ClN4O3. The molecule has 0 saturated heterocycles. The summed E-state index contributed by atoms with van der Waals surface area (Å²) < 4.78 is 12.8. The van der Waals surface area contributed by atoms with E-state index in [9.17, 15) is 4.79 Å². The molecule has 0 spiro atoms. The Kier molecular flexibility index (Phi) is 7.27. The predicted molar refractivity (Wildman–Crippen MR) is 160 cm³/mol. The van der Waals surface area contributed by atoms with Crippen LogP contribution in [0, 0.1) is 0 Å². The van der Waals surface area contributed by atoms with E-state index >= 15 is 0 Å². The van der Waals surface area contributed by atoms with Gasteiger partial charge in [-0.05, 0) is 42.5 Å². The second-order valence-electron chi connectivity index (χ2n) is 9.55. The number of rotatable bonds is 7. The molecule has 0 aliphatic carbocycles. The molecule has 8 heteroatoms. The monoisotopic (exact) mass is 562 g/mol. The number of hydrogen-bond acceptors (Lipinski definition) is 5. The van der Waals surface area contributed by atoms with Crippen molar-refractivity contribution >= 4 is 23.2 Å². The topological polar surface area (TPSA) is 69.0 Å². The van der Waals surface area contributed by atoms with Crippen LogP contribution in [0.4, 0.5) is 0 Å². The maximum absolute atomic E-state index is 14.0. The molecular weight excluding hydrogens is 536 g/mol. The minimum Gasteiger partial charge on any atom is -0.493 e. The van der Waals surface area contributed by atoms with Gasteiger partial charge in [0, 0.05) is 29.3 Å². The summed E-state index contributed by atoms with van der Waals surface area (Å²) in [6, 6.07) is 32.1. The first-order valence-corrected chi connectivity index (χ1v) is 13.5. The first-order valence-electron chi connectivity index (χ1n) is 13.2. The van der Waals surface area contributed by atoms with Gasteiger partial charge in [-0.15, -0.1) is 0 Å². The van der Waals surface area contributed by atoms with E-state index in [-0.39, 0.29) is 5.91 Å². The standard InChI is InChI=1S/C33H27ClN4O3/c1-40-30-18-17-23(19-31(30)41-2)28-20-29(38(35-28)33(39)25-15-9-10-16-27(25)34)26-21-37(24-13-7-4-8-14-24)36-32(26)22-11-5-3-6-12-22/h3-19,21,29H,20H2,1-2H3/t29-/m0/s1. The number of amides is 1. The molecule has 0 fully saturated rings. The first-order chi connectivity index (χ1) is 20.1. The molecule has 2 heterocycles. The van der Waals surface area contributed by atoms with E-state index < -0.39 is 6.04 Å². The highest BCUT2D eigenvalue weighted by Gasteiger charge is 2.37. The summed E-state index contributed by atoms with van der Waals surface area (Å²) in [5, 5.41) is 11.8. The van der Waals surface area contributed by atoms with Gasteiger partial charge < -0.3 is 9.47 Å². The highest BCUT2D eigenvalue weighted by molar-refractivity contribution is 6.33. The molecule has 0 bridgehead atoms. The summed E-state index contributed by atoms with van der Waals surface area (Å²) >= 11 is 6.49. The van der Waals surface area contributed by atoms with Crippen LogP contribution in [0.25, 0.3) is 16.9 Å². The predicted octanol–water partition coefficient (Wildman–Crippen LogP) is 7.20. The van der Waals surface area contributed by atoms with E-state index in [1.54, 1.807) is 38.5 Å². The maximum atomic E-state index is 14.0. The minimum absolute atomic E-state index is 0.289. The highest BCUT2D eigenvalue weighted by atomic mass is 35.5. The second kappa shape index (κ2) is 11.3. The Morgan fingerprint density at radius 3 is 2.22 bits per heavy atom. The Balaban J connectivity index is 1.50. The van der Waals surface area contributed by atoms with Gasteiger partial charge in [-0.25, -0.2) is 9.69 Å². The van der Waals surface area contributed by atoms with E-state index in [1.807, 2.05) is 89.7 Å². The van der Waals surface area contributed by atoms with Gasteiger partial charge in [-0.1, -0.05) is 72.3 Å². The summed E-state index contributed by atoms with van der Waals surface area (Å²) in [5.41, 5.74) is 5.47. The minimum atomic E-state index is -0.436. The van der Waals surface area contributed by atoms with Crippen molar-refractivity contribution in [2.75, 3.05) is 14.2 Å². The summed E-state index contributed by atoms with van der Waals surface area (Å²) in [6.07, 6.45) is 2.45. The molecule has 1 aromatic heterocycles. The molecule has 1 aliphatic heterocycles. The normalized spacial score (nSPS) is 14.6. The van der Waals surface area contributed by atoms with Crippen molar-refractivity contribution in [3.05, 3.63) is 131 Å². The number of nitrogens with zero attached hydrogens (tertiary/aromatic N) is 4. The SMILES string of the molecule is COc1ccc(C2=NN(C(=O)c3ccccc3Cl)[C@H](c3cn(-c4ccccc4)nc3-c3ccccc3)C2)cc1OC. The van der Waals surface area contributed by atoms with Gasteiger partial charge in [-0.2, -0.15) is 10.2 Å². The molecule has 6 rings (SSSR count). The van der Waals surface area contributed by atoms with Crippen LogP contribution < -0.4 is 9.47 Å². The summed E-state index contributed by atoms with van der Waals surface area (Å²) in [6.45, 7) is 0. The number of ether oxygens (including phenoxy) is 2. The number of halogens is 1. The molecule has 1 amide bonds. The van der Waals surface area contributed by atoms with Gasteiger partial charge in [0.05, 0.1) is 47.9 Å². The third-order valence-electron chi connectivity index (χ3n) is 7.11. The molecule has 7 nitrogen and oxygen atoms in total. The fraction of sp³-hybridized carbons (Fsp3) is 0.121. The Morgan fingerprint density at radius 1 is 0.829 bits per heavy atom. The fourth-order valence-corrected chi connectivity index (χ4v) is 5.27. The molecule has 0 N–H and O–H groups in total. The molecule has 5 aromatic rings. The van der Waals surface area contributed by atoms with Crippen LogP contribution in [0.3, 0.4) is 0 Å². The van der Waals surface area contributed by atoms with Crippen molar-refractivity contribution in [1.82, 2.24) is 14.8 Å². The molecule has 0 unspecified atom stereocenters. The number of para-hydroxylation sites is 1. The van der Waals surface area contributed by atoms with Gasteiger partial charge in [0.1, 0.15) is 0 Å². The smallest absolute Gasteiger partial charge is 0.276 e. The van der Waals surface area contributed by atoms with Crippen LogP contribution in [0.15, 0.2) is 114 Å². The first kappa shape index (κ1) is 26.3. The average molecular weight is 563 g/mol. The van der Waals surface area contributed by atoms with E-state index in [0.717, 1.165) is 33.8 Å². The Bertz CT molecular complexity index is 1730. The van der Waals surface area contributed by atoms with E-state index in [1.165, 1.54) is 5.01 Å². The van der Waals surface area contributed by atoms with Crippen LogP contribution in [-0.4, -0.2) is 40.6 Å². The Morgan fingerprint density at radius 2 is 1.51 bits per heavy atom. The second-order valence-corrected chi connectivity index (χ2v) is 9.95. The van der Waals surface area contributed by atoms with Crippen molar-refractivity contribution in [3.63, 3.8) is 0 Å². The Hall–Kier alpha value is -4.88. The van der Waals surface area contributed by atoms with Crippen molar-refractivity contribution < 1.29 is 14.3 Å². The molecule has 204 valence electrons. The van der Waals surface area contributed by atoms with Crippen molar-refractivity contribution in [2.45, 2.75) is 12.5 Å². The average Bonchev–Trinajstić information content (AvgIpc) is 3.67. The number of aromatic nitrogens is 2. The number of hydrogen-bond donors (Lipinski definition) is 0. The van der Waals surface area contributed by atoms with E-state index in [0.29, 0.717) is 28.5 Å². The lowest BCUT2D eigenvalue weighted by atomic mass is 9.96. The summed E-state index contributed by atoms with van der Waals surface area (Å²) in [5.74, 6) is 0.912. The maximum Gasteiger partial charge on any atom is 0.276 e. The van der Waals surface area contributed by atoms with Gasteiger partial charge in [0.2, 0.25) is 0 Å². The number of hydrazone groups is 1. The zero-order valence-electron chi connectivity index (χ0n) is 22.6. The molecule has 1 atom stereocenters. The highest BCUT2D eigenvalue weighted by Crippen LogP contribution is 2.40. The lowest BCUT2D eigenvalue weighted by Crippen LogP contribution is -2.27. The molecule has 4 aromatic carbocycles. The lowest BCUT2D eigenvalue weighted by molar-refractivity contribution is 0.0712. The van der Waals surface area contributed by atoms with E-state index in [2.05, 4.69) is 0 Å². The van der Waals surface area contributed by atoms with Gasteiger partial charge >= 0.3 is 0 Å². The number of carbonyl (C=O) groups is 1. The quantitative estimate of drug-likeness (QED) is 0.210. The molecule has 0 radical (unpaired) electrons. The van der Waals surface area contributed by atoms with Crippen LogP contribution in [0.2, 0.25) is 5.02 Å². The fourth-order valence-electron chi connectivity index (χ4n) is 5.05.